The zero-order valence-corrected chi connectivity index (χ0v) is 19.6. The maximum Gasteiger partial charge on any atom is 0.277 e. The van der Waals surface area contributed by atoms with Crippen LogP contribution in [0.15, 0.2) is 72.1 Å². The molecule has 172 valence electrons. The van der Waals surface area contributed by atoms with Crippen molar-refractivity contribution in [1.82, 2.24) is 15.1 Å². The molecule has 0 spiro atoms. The van der Waals surface area contributed by atoms with Gasteiger partial charge in [-0.3, -0.25) is 19.2 Å². The van der Waals surface area contributed by atoms with Gasteiger partial charge < -0.3 is 5.32 Å². The van der Waals surface area contributed by atoms with E-state index in [0.717, 1.165) is 16.0 Å². The Morgan fingerprint density at radius 1 is 1.15 bits per heavy atom. The average molecular weight is 475 g/mol. The molecule has 1 aliphatic heterocycles. The number of benzene rings is 2. The molecule has 8 heteroatoms. The van der Waals surface area contributed by atoms with Crippen LogP contribution in [-0.4, -0.2) is 27.1 Å². The Morgan fingerprint density at radius 3 is 2.65 bits per heavy atom. The molecule has 0 saturated heterocycles. The maximum atomic E-state index is 14.1. The molecular weight excluding hydrogens is 451 g/mol. The summed E-state index contributed by atoms with van der Waals surface area (Å²) in [6.45, 7) is 4.14. The second kappa shape index (κ2) is 8.53. The zero-order valence-electron chi connectivity index (χ0n) is 18.8. The van der Waals surface area contributed by atoms with Crippen LogP contribution in [0.5, 0.6) is 0 Å². The number of anilines is 1. The summed E-state index contributed by atoms with van der Waals surface area (Å²) in [7, 11) is 0. The largest absolute Gasteiger partial charge is 0.350 e. The quantitative estimate of drug-likeness (QED) is 0.452. The lowest BCUT2D eigenvalue weighted by Crippen LogP contribution is -2.64. The summed E-state index contributed by atoms with van der Waals surface area (Å²) in [6, 6.07) is 19.2. The molecule has 0 radical (unpaired) electrons. The molecule has 4 aromatic rings. The van der Waals surface area contributed by atoms with Crippen molar-refractivity contribution in [1.29, 1.82) is 0 Å². The molecule has 0 aliphatic carbocycles. The molecule has 0 bridgehead atoms. The van der Waals surface area contributed by atoms with Crippen LogP contribution in [0.25, 0.3) is 10.6 Å². The van der Waals surface area contributed by atoms with Gasteiger partial charge in [-0.25, -0.2) is 4.39 Å². The van der Waals surface area contributed by atoms with Crippen LogP contribution in [0.3, 0.4) is 0 Å². The minimum atomic E-state index is -1.32. The van der Waals surface area contributed by atoms with E-state index in [1.807, 2.05) is 48.7 Å². The molecule has 1 atom stereocenters. The fraction of sp³-hybridized carbons (Fsp3) is 0.192. The van der Waals surface area contributed by atoms with Gasteiger partial charge in [0.1, 0.15) is 22.7 Å². The standard InChI is InChI=1S/C26H23FN4O2S/c1-17-8-10-18(11-9-17)15-28-25(33)26(2)16-30-22(14-21(29-30)23-7-4-12-34-23)24(32)31(26)20-6-3-5-19(27)13-20/h3-14H,15-16H2,1-2H3,(H,28,33)/t26-/m0/s1. The molecule has 0 unspecified atom stereocenters. The van der Waals surface area contributed by atoms with E-state index < -0.39 is 17.3 Å². The van der Waals surface area contributed by atoms with Crippen molar-refractivity contribution >= 4 is 28.8 Å². The first kappa shape index (κ1) is 22.0. The van der Waals surface area contributed by atoms with Gasteiger partial charge in [0, 0.05) is 12.2 Å². The van der Waals surface area contributed by atoms with E-state index >= 15 is 0 Å². The van der Waals surface area contributed by atoms with Crippen LogP contribution >= 0.6 is 11.3 Å². The SMILES string of the molecule is Cc1ccc(CNC(=O)[C@]2(C)Cn3nc(-c4cccs4)cc3C(=O)N2c2cccc(F)c2)cc1. The van der Waals surface area contributed by atoms with Gasteiger partial charge in [0.25, 0.3) is 5.91 Å². The molecule has 1 aliphatic rings. The van der Waals surface area contributed by atoms with Crippen molar-refractivity contribution in [2.75, 3.05) is 4.90 Å². The van der Waals surface area contributed by atoms with Crippen molar-refractivity contribution in [2.24, 2.45) is 0 Å². The molecule has 2 aromatic carbocycles. The monoisotopic (exact) mass is 474 g/mol. The van der Waals surface area contributed by atoms with E-state index in [1.165, 1.54) is 34.4 Å². The first-order valence-corrected chi connectivity index (χ1v) is 11.8. The molecule has 2 aromatic heterocycles. The molecule has 0 fully saturated rings. The van der Waals surface area contributed by atoms with Gasteiger partial charge in [-0.15, -0.1) is 11.3 Å². The third-order valence-corrected chi connectivity index (χ3v) is 6.95. The predicted molar refractivity (Wildman–Crippen MR) is 130 cm³/mol. The van der Waals surface area contributed by atoms with Gasteiger partial charge in [0.15, 0.2) is 0 Å². The minimum Gasteiger partial charge on any atom is -0.350 e. The Balaban J connectivity index is 1.53. The number of carbonyl (C=O) groups is 2. The van der Waals surface area contributed by atoms with Gasteiger partial charge in [-0.1, -0.05) is 42.0 Å². The van der Waals surface area contributed by atoms with E-state index in [9.17, 15) is 14.0 Å². The van der Waals surface area contributed by atoms with E-state index in [-0.39, 0.29) is 12.5 Å². The number of rotatable bonds is 5. The average Bonchev–Trinajstić information content (AvgIpc) is 3.48. The molecule has 0 saturated carbocycles. The number of hydrogen-bond donors (Lipinski definition) is 1. The van der Waals surface area contributed by atoms with Gasteiger partial charge in [0.05, 0.1) is 11.4 Å². The predicted octanol–water partition coefficient (Wildman–Crippen LogP) is 4.79. The molecule has 6 nitrogen and oxygen atoms in total. The number of nitrogens with zero attached hydrogens (tertiary/aromatic N) is 3. The summed E-state index contributed by atoms with van der Waals surface area (Å²) in [4.78, 5) is 29.6. The Bertz CT molecular complexity index is 1360. The second-order valence-electron chi connectivity index (χ2n) is 8.61. The molecular formula is C26H23FN4O2S. The summed E-state index contributed by atoms with van der Waals surface area (Å²) in [5.74, 6) is -1.23. The molecule has 3 heterocycles. The minimum absolute atomic E-state index is 0.135. The molecule has 1 N–H and O–H groups in total. The van der Waals surface area contributed by atoms with Crippen LogP contribution < -0.4 is 10.2 Å². The van der Waals surface area contributed by atoms with Crippen LogP contribution in [0.4, 0.5) is 10.1 Å². The van der Waals surface area contributed by atoms with E-state index in [1.54, 1.807) is 23.7 Å². The lowest BCUT2D eigenvalue weighted by atomic mass is 9.93. The summed E-state index contributed by atoms with van der Waals surface area (Å²) >= 11 is 1.52. The summed E-state index contributed by atoms with van der Waals surface area (Å²) in [5.41, 5.74) is 2.11. The first-order chi connectivity index (χ1) is 16.3. The Morgan fingerprint density at radius 2 is 1.94 bits per heavy atom. The van der Waals surface area contributed by atoms with Gasteiger partial charge in [-0.2, -0.15) is 5.10 Å². The second-order valence-corrected chi connectivity index (χ2v) is 9.56. The molecule has 5 rings (SSSR count). The van der Waals surface area contributed by atoms with Crippen LogP contribution in [0.2, 0.25) is 0 Å². The Kier molecular flexibility index (Phi) is 5.53. The van der Waals surface area contributed by atoms with Gasteiger partial charge in [-0.05, 0) is 55.1 Å². The summed E-state index contributed by atoms with van der Waals surface area (Å²) in [5, 5.41) is 9.53. The fourth-order valence-electron chi connectivity index (χ4n) is 4.22. The fourth-order valence-corrected chi connectivity index (χ4v) is 4.91. The zero-order chi connectivity index (χ0) is 23.9. The van der Waals surface area contributed by atoms with Crippen molar-refractivity contribution in [3.8, 4) is 10.6 Å². The number of aryl methyl sites for hydroxylation is 1. The maximum absolute atomic E-state index is 14.1. The Hall–Kier alpha value is -3.78. The van der Waals surface area contributed by atoms with Crippen molar-refractivity contribution in [2.45, 2.75) is 32.5 Å². The van der Waals surface area contributed by atoms with Crippen molar-refractivity contribution in [3.05, 3.63) is 94.7 Å². The number of halogens is 1. The number of amides is 2. The summed E-state index contributed by atoms with van der Waals surface area (Å²) in [6.07, 6.45) is 0. The van der Waals surface area contributed by atoms with Crippen LogP contribution in [0, 0.1) is 12.7 Å². The van der Waals surface area contributed by atoms with Gasteiger partial charge in [0.2, 0.25) is 5.91 Å². The lowest BCUT2D eigenvalue weighted by Gasteiger charge is -2.43. The number of fused-ring (bicyclic) bond motifs is 1. The van der Waals surface area contributed by atoms with Crippen LogP contribution in [0.1, 0.15) is 28.5 Å². The van der Waals surface area contributed by atoms with E-state index in [4.69, 9.17) is 0 Å². The lowest BCUT2D eigenvalue weighted by molar-refractivity contribution is -0.126. The highest BCUT2D eigenvalue weighted by molar-refractivity contribution is 7.13. The van der Waals surface area contributed by atoms with Crippen molar-refractivity contribution < 1.29 is 14.0 Å². The smallest absolute Gasteiger partial charge is 0.277 e. The highest BCUT2D eigenvalue weighted by atomic mass is 32.1. The van der Waals surface area contributed by atoms with Gasteiger partial charge >= 0.3 is 0 Å². The number of thiophene rings is 1. The Labute approximate surface area is 200 Å². The van der Waals surface area contributed by atoms with E-state index in [2.05, 4.69) is 10.4 Å². The topological polar surface area (TPSA) is 67.2 Å². The van der Waals surface area contributed by atoms with Crippen LogP contribution in [-0.2, 0) is 17.9 Å². The first-order valence-electron chi connectivity index (χ1n) is 10.9. The normalized spacial score (nSPS) is 17.5. The summed E-state index contributed by atoms with van der Waals surface area (Å²) < 4.78 is 15.7. The highest BCUT2D eigenvalue weighted by Crippen LogP contribution is 2.35. The van der Waals surface area contributed by atoms with Crippen molar-refractivity contribution in [3.63, 3.8) is 0 Å². The molecule has 2 amide bonds. The number of hydrogen-bond acceptors (Lipinski definition) is 4. The number of carbonyl (C=O) groups excluding carboxylic acids is 2. The van der Waals surface area contributed by atoms with E-state index in [0.29, 0.717) is 23.6 Å². The highest BCUT2D eigenvalue weighted by Gasteiger charge is 2.49. The number of aromatic nitrogens is 2. The third kappa shape index (κ3) is 3.90. The number of nitrogens with one attached hydrogen (secondary N) is 1. The molecule has 34 heavy (non-hydrogen) atoms. The third-order valence-electron chi connectivity index (χ3n) is 6.06.